The molecular weight excluding hydrogens is 258 g/mol. The normalized spacial score (nSPS) is 9.85. The zero-order valence-corrected chi connectivity index (χ0v) is 10.8. The highest BCUT2D eigenvalue weighted by Gasteiger charge is 2.12. The highest BCUT2D eigenvalue weighted by atomic mass is 16.5. The van der Waals surface area contributed by atoms with Gasteiger partial charge < -0.3 is 15.8 Å². The van der Waals surface area contributed by atoms with E-state index in [4.69, 9.17) is 5.73 Å². The zero-order chi connectivity index (χ0) is 14.5. The number of hydrogen-bond donors (Lipinski definition) is 2. The second-order valence-electron chi connectivity index (χ2n) is 3.97. The molecule has 0 spiro atoms. The number of rotatable bonds is 3. The highest BCUT2D eigenvalue weighted by molar-refractivity contribution is 6.06. The average molecular weight is 271 g/mol. The number of nitrogen functional groups attached to an aromatic ring is 1. The van der Waals surface area contributed by atoms with Crippen molar-refractivity contribution in [1.29, 1.82) is 0 Å². The fraction of sp³-hybridized carbons (Fsp3) is 0.0714. The molecule has 1 amide bonds. The van der Waals surface area contributed by atoms with Gasteiger partial charge in [-0.3, -0.25) is 4.79 Å². The maximum atomic E-state index is 12.0. The summed E-state index contributed by atoms with van der Waals surface area (Å²) in [6, 6.07) is 9.64. The second kappa shape index (κ2) is 5.83. The number of ether oxygens (including phenoxy) is 1. The van der Waals surface area contributed by atoms with E-state index in [2.05, 4.69) is 15.0 Å². The summed E-state index contributed by atoms with van der Waals surface area (Å²) in [4.78, 5) is 27.3. The third-order valence-electron chi connectivity index (χ3n) is 2.60. The highest BCUT2D eigenvalue weighted by Crippen LogP contribution is 2.14. The van der Waals surface area contributed by atoms with Crippen LogP contribution in [-0.2, 0) is 4.74 Å². The van der Waals surface area contributed by atoms with E-state index >= 15 is 0 Å². The van der Waals surface area contributed by atoms with Crippen LogP contribution in [0.1, 0.15) is 20.8 Å². The van der Waals surface area contributed by atoms with E-state index < -0.39 is 11.9 Å². The molecule has 0 aliphatic rings. The Labute approximate surface area is 115 Å². The van der Waals surface area contributed by atoms with Crippen LogP contribution < -0.4 is 11.1 Å². The van der Waals surface area contributed by atoms with Gasteiger partial charge in [-0.2, -0.15) is 0 Å². The molecule has 1 aromatic carbocycles. The summed E-state index contributed by atoms with van der Waals surface area (Å²) in [5.41, 5.74) is 6.91. The van der Waals surface area contributed by atoms with Crippen molar-refractivity contribution in [3.63, 3.8) is 0 Å². The summed E-state index contributed by atoms with van der Waals surface area (Å²) in [6.45, 7) is 0. The molecule has 0 atom stereocenters. The first kappa shape index (κ1) is 13.5. The van der Waals surface area contributed by atoms with Crippen LogP contribution in [-0.4, -0.2) is 24.0 Å². The first-order valence-corrected chi connectivity index (χ1v) is 5.82. The molecule has 3 N–H and O–H groups in total. The molecule has 20 heavy (non-hydrogen) atoms. The number of nitrogens with zero attached hydrogens (tertiary/aromatic N) is 1. The van der Waals surface area contributed by atoms with Crippen LogP contribution >= 0.6 is 0 Å². The zero-order valence-electron chi connectivity index (χ0n) is 10.8. The molecule has 2 rings (SSSR count). The number of amides is 1. The first-order valence-electron chi connectivity index (χ1n) is 5.82. The lowest BCUT2D eigenvalue weighted by Crippen LogP contribution is -2.16. The maximum absolute atomic E-state index is 12.0. The van der Waals surface area contributed by atoms with Gasteiger partial charge in [0.15, 0.2) is 5.69 Å². The lowest BCUT2D eigenvalue weighted by Gasteiger charge is -2.07. The quantitative estimate of drug-likeness (QED) is 0.828. The molecule has 0 saturated carbocycles. The molecule has 0 bridgehead atoms. The molecule has 0 fully saturated rings. The fourth-order valence-electron chi connectivity index (χ4n) is 1.64. The standard InChI is InChI=1S/C14H13N3O3/c1-20-14(19)9-4-2-5-10(8-9)17-13(18)12-11(15)6-3-7-16-12/h2-8H,15H2,1H3,(H,17,18). The smallest absolute Gasteiger partial charge is 0.337 e. The number of esters is 1. The van der Waals surface area contributed by atoms with Crippen molar-refractivity contribution in [3.05, 3.63) is 53.9 Å². The predicted octanol–water partition coefficient (Wildman–Crippen LogP) is 1.70. The average Bonchev–Trinajstić information content (AvgIpc) is 2.47. The van der Waals surface area contributed by atoms with E-state index in [9.17, 15) is 9.59 Å². The molecular formula is C14H13N3O3. The SMILES string of the molecule is COC(=O)c1cccc(NC(=O)c2ncccc2N)c1. The molecule has 0 aliphatic carbocycles. The molecule has 1 aromatic heterocycles. The van der Waals surface area contributed by atoms with Crippen LogP contribution in [0.5, 0.6) is 0 Å². The van der Waals surface area contributed by atoms with Crippen molar-refractivity contribution < 1.29 is 14.3 Å². The van der Waals surface area contributed by atoms with Gasteiger partial charge in [-0.05, 0) is 30.3 Å². The molecule has 0 aliphatic heterocycles. The van der Waals surface area contributed by atoms with Crippen molar-refractivity contribution in [2.45, 2.75) is 0 Å². The second-order valence-corrected chi connectivity index (χ2v) is 3.97. The number of methoxy groups -OCH3 is 1. The predicted molar refractivity (Wildman–Crippen MR) is 74.4 cm³/mol. The number of anilines is 2. The Kier molecular flexibility index (Phi) is 3.95. The summed E-state index contributed by atoms with van der Waals surface area (Å²) in [7, 11) is 1.29. The lowest BCUT2D eigenvalue weighted by atomic mass is 10.2. The Bertz CT molecular complexity index is 656. The van der Waals surface area contributed by atoms with Crippen molar-refractivity contribution in [2.75, 3.05) is 18.2 Å². The molecule has 0 saturated heterocycles. The number of carbonyl (C=O) groups is 2. The Morgan fingerprint density at radius 3 is 2.75 bits per heavy atom. The number of aromatic nitrogens is 1. The van der Waals surface area contributed by atoms with E-state index in [1.54, 1.807) is 30.3 Å². The van der Waals surface area contributed by atoms with E-state index in [1.807, 2.05) is 0 Å². The number of pyridine rings is 1. The van der Waals surface area contributed by atoms with Crippen LogP contribution in [0.2, 0.25) is 0 Å². The van der Waals surface area contributed by atoms with Gasteiger partial charge in [-0.1, -0.05) is 6.07 Å². The molecule has 102 valence electrons. The monoisotopic (exact) mass is 271 g/mol. The van der Waals surface area contributed by atoms with Crippen LogP contribution in [0, 0.1) is 0 Å². The van der Waals surface area contributed by atoms with Crippen molar-refractivity contribution in [1.82, 2.24) is 4.98 Å². The molecule has 0 radical (unpaired) electrons. The van der Waals surface area contributed by atoms with Gasteiger partial charge in [0.05, 0.1) is 18.4 Å². The lowest BCUT2D eigenvalue weighted by molar-refractivity contribution is 0.0600. The van der Waals surface area contributed by atoms with Crippen molar-refractivity contribution in [2.24, 2.45) is 0 Å². The number of benzene rings is 1. The third-order valence-corrected chi connectivity index (χ3v) is 2.60. The summed E-state index contributed by atoms with van der Waals surface area (Å²) in [6.07, 6.45) is 1.48. The Hall–Kier alpha value is -2.89. The maximum Gasteiger partial charge on any atom is 0.337 e. The van der Waals surface area contributed by atoms with E-state index in [0.717, 1.165) is 0 Å². The van der Waals surface area contributed by atoms with Crippen LogP contribution in [0.15, 0.2) is 42.6 Å². The summed E-state index contributed by atoms with van der Waals surface area (Å²) in [5.74, 6) is -0.913. The van der Waals surface area contributed by atoms with Gasteiger partial charge in [0.25, 0.3) is 5.91 Å². The largest absolute Gasteiger partial charge is 0.465 e. The molecule has 6 heteroatoms. The van der Waals surface area contributed by atoms with Gasteiger partial charge in [0.2, 0.25) is 0 Å². The Balaban J connectivity index is 2.20. The van der Waals surface area contributed by atoms with Gasteiger partial charge in [0.1, 0.15) is 0 Å². The van der Waals surface area contributed by atoms with Crippen LogP contribution in [0.25, 0.3) is 0 Å². The summed E-state index contributed by atoms with van der Waals surface area (Å²) in [5, 5.41) is 2.63. The number of hydrogen-bond acceptors (Lipinski definition) is 5. The minimum Gasteiger partial charge on any atom is -0.465 e. The van der Waals surface area contributed by atoms with E-state index in [-0.39, 0.29) is 11.4 Å². The van der Waals surface area contributed by atoms with Crippen molar-refractivity contribution in [3.8, 4) is 0 Å². The summed E-state index contributed by atoms with van der Waals surface area (Å²) < 4.78 is 4.62. The van der Waals surface area contributed by atoms with Gasteiger partial charge in [-0.25, -0.2) is 9.78 Å². The van der Waals surface area contributed by atoms with Crippen molar-refractivity contribution >= 4 is 23.3 Å². The number of nitrogens with two attached hydrogens (primary N) is 1. The minimum atomic E-state index is -0.474. The molecule has 0 unspecified atom stereocenters. The molecule has 1 heterocycles. The topological polar surface area (TPSA) is 94.3 Å². The van der Waals surface area contributed by atoms with E-state index in [0.29, 0.717) is 11.3 Å². The summed E-state index contributed by atoms with van der Waals surface area (Å²) >= 11 is 0. The number of nitrogens with one attached hydrogen (secondary N) is 1. The minimum absolute atomic E-state index is 0.135. The fourth-order valence-corrected chi connectivity index (χ4v) is 1.64. The van der Waals surface area contributed by atoms with Crippen LogP contribution in [0.4, 0.5) is 11.4 Å². The molecule has 6 nitrogen and oxygen atoms in total. The van der Waals surface area contributed by atoms with E-state index in [1.165, 1.54) is 19.4 Å². The van der Waals surface area contributed by atoms with Gasteiger partial charge in [-0.15, -0.1) is 0 Å². The van der Waals surface area contributed by atoms with Gasteiger partial charge >= 0.3 is 5.97 Å². The Morgan fingerprint density at radius 1 is 1.25 bits per heavy atom. The third kappa shape index (κ3) is 2.92. The Morgan fingerprint density at radius 2 is 2.05 bits per heavy atom. The van der Waals surface area contributed by atoms with Crippen LogP contribution in [0.3, 0.4) is 0 Å². The number of carbonyl (C=O) groups excluding carboxylic acids is 2. The van der Waals surface area contributed by atoms with Gasteiger partial charge in [0, 0.05) is 11.9 Å². The molecule has 2 aromatic rings. The first-order chi connectivity index (χ1) is 9.61.